The number of carbonyl (C=O) groups excluding carboxylic acids is 1. The summed E-state index contributed by atoms with van der Waals surface area (Å²) in [6.45, 7) is 0. The van der Waals surface area contributed by atoms with Gasteiger partial charge in [-0.3, -0.25) is 9.00 Å². The molecular formula is C11H9NO4S. The van der Waals surface area contributed by atoms with Gasteiger partial charge in [-0.25, -0.2) is 4.79 Å². The Labute approximate surface area is 99.5 Å². The normalized spacial score (nSPS) is 30.2. The SMILES string of the molecule is O=C(O)[C@H]1C[S@](=O)[C@@H]2c3ccccc3C(=O)N12. The molecule has 1 saturated heterocycles. The van der Waals surface area contributed by atoms with E-state index in [2.05, 4.69) is 0 Å². The number of benzene rings is 1. The number of aliphatic carboxylic acids is 1. The summed E-state index contributed by atoms with van der Waals surface area (Å²) in [6, 6.07) is 5.89. The van der Waals surface area contributed by atoms with Crippen LogP contribution in [0.5, 0.6) is 0 Å². The van der Waals surface area contributed by atoms with Gasteiger partial charge in [-0.2, -0.15) is 0 Å². The number of hydrogen-bond donors (Lipinski definition) is 1. The number of hydrogen-bond acceptors (Lipinski definition) is 3. The summed E-state index contributed by atoms with van der Waals surface area (Å²) in [5.41, 5.74) is 1.15. The third-order valence-electron chi connectivity index (χ3n) is 3.14. The van der Waals surface area contributed by atoms with Crippen LogP contribution in [0.2, 0.25) is 0 Å². The lowest BCUT2D eigenvalue weighted by atomic mass is 10.1. The van der Waals surface area contributed by atoms with Crippen molar-refractivity contribution < 1.29 is 18.9 Å². The molecule has 0 bridgehead atoms. The number of nitrogens with zero attached hydrogens (tertiary/aromatic N) is 1. The van der Waals surface area contributed by atoms with E-state index in [1.54, 1.807) is 24.3 Å². The maximum atomic E-state index is 12.1. The van der Waals surface area contributed by atoms with E-state index >= 15 is 0 Å². The fraction of sp³-hybridized carbons (Fsp3) is 0.273. The molecule has 1 amide bonds. The number of fused-ring (bicyclic) bond motifs is 3. The van der Waals surface area contributed by atoms with Crippen molar-refractivity contribution in [2.24, 2.45) is 0 Å². The number of carbonyl (C=O) groups is 2. The summed E-state index contributed by atoms with van der Waals surface area (Å²) in [6.07, 6.45) is 0. The van der Waals surface area contributed by atoms with Gasteiger partial charge in [0.15, 0.2) is 0 Å². The first-order chi connectivity index (χ1) is 8.11. The molecule has 0 unspecified atom stereocenters. The van der Waals surface area contributed by atoms with Gasteiger partial charge in [-0.15, -0.1) is 0 Å². The summed E-state index contributed by atoms with van der Waals surface area (Å²) in [5.74, 6) is -1.41. The highest BCUT2D eigenvalue weighted by atomic mass is 32.2. The second kappa shape index (κ2) is 3.40. The minimum atomic E-state index is -1.34. The van der Waals surface area contributed by atoms with E-state index in [1.165, 1.54) is 4.90 Å². The predicted molar refractivity (Wildman–Crippen MR) is 59.8 cm³/mol. The lowest BCUT2D eigenvalue weighted by Gasteiger charge is -2.18. The van der Waals surface area contributed by atoms with Gasteiger partial charge in [0.2, 0.25) is 0 Å². The van der Waals surface area contributed by atoms with Gasteiger partial charge < -0.3 is 10.0 Å². The number of amides is 1. The van der Waals surface area contributed by atoms with Crippen LogP contribution in [0, 0.1) is 0 Å². The largest absolute Gasteiger partial charge is 0.480 e. The van der Waals surface area contributed by atoms with Crippen LogP contribution in [-0.4, -0.2) is 37.9 Å². The Morgan fingerprint density at radius 3 is 2.82 bits per heavy atom. The average molecular weight is 251 g/mol. The zero-order valence-electron chi connectivity index (χ0n) is 8.70. The lowest BCUT2D eigenvalue weighted by molar-refractivity contribution is -0.141. The van der Waals surface area contributed by atoms with Gasteiger partial charge in [-0.1, -0.05) is 18.2 Å². The molecular weight excluding hydrogens is 242 g/mol. The summed E-state index contributed by atoms with van der Waals surface area (Å²) in [5, 5.41) is 8.46. The first-order valence-electron chi connectivity index (χ1n) is 5.13. The highest BCUT2D eigenvalue weighted by molar-refractivity contribution is 7.85. The molecule has 6 heteroatoms. The van der Waals surface area contributed by atoms with Gasteiger partial charge in [0.05, 0.1) is 16.6 Å². The molecule has 1 N–H and O–H groups in total. The third kappa shape index (κ3) is 1.27. The zero-order valence-corrected chi connectivity index (χ0v) is 9.52. The fourth-order valence-electron chi connectivity index (χ4n) is 2.39. The Morgan fingerprint density at radius 1 is 1.41 bits per heavy atom. The van der Waals surface area contributed by atoms with Gasteiger partial charge in [-0.05, 0) is 6.07 Å². The topological polar surface area (TPSA) is 74.7 Å². The molecule has 88 valence electrons. The summed E-state index contributed by atoms with van der Waals surface area (Å²) in [7, 11) is -1.34. The smallest absolute Gasteiger partial charge is 0.327 e. The minimum Gasteiger partial charge on any atom is -0.480 e. The average Bonchev–Trinajstić information content (AvgIpc) is 2.79. The maximum Gasteiger partial charge on any atom is 0.327 e. The molecule has 0 aliphatic carbocycles. The van der Waals surface area contributed by atoms with E-state index in [9.17, 15) is 13.8 Å². The molecule has 2 heterocycles. The minimum absolute atomic E-state index is 0.0140. The maximum absolute atomic E-state index is 12.1. The second-order valence-electron chi connectivity index (χ2n) is 4.05. The molecule has 17 heavy (non-hydrogen) atoms. The van der Waals surface area contributed by atoms with E-state index in [0.717, 1.165) is 0 Å². The van der Waals surface area contributed by atoms with E-state index in [1.807, 2.05) is 0 Å². The van der Waals surface area contributed by atoms with Crippen molar-refractivity contribution in [1.82, 2.24) is 4.90 Å². The fourth-order valence-corrected chi connectivity index (χ4v) is 4.17. The Kier molecular flexibility index (Phi) is 2.09. The summed E-state index contributed by atoms with van der Waals surface area (Å²) < 4.78 is 11.9. The van der Waals surface area contributed by atoms with Crippen molar-refractivity contribution in [1.29, 1.82) is 0 Å². The molecule has 1 aromatic carbocycles. The zero-order chi connectivity index (χ0) is 12.2. The van der Waals surface area contributed by atoms with Gasteiger partial charge in [0.25, 0.3) is 5.91 Å². The highest BCUT2D eigenvalue weighted by Crippen LogP contribution is 2.42. The Hall–Kier alpha value is -1.69. The molecule has 1 aromatic rings. The Morgan fingerprint density at radius 2 is 2.12 bits per heavy atom. The van der Waals surface area contributed by atoms with Crippen molar-refractivity contribution in [2.45, 2.75) is 11.4 Å². The molecule has 2 aliphatic rings. The quantitative estimate of drug-likeness (QED) is 0.781. The predicted octanol–water partition coefficient (Wildman–Crippen LogP) is 0.357. The van der Waals surface area contributed by atoms with Crippen molar-refractivity contribution in [3.05, 3.63) is 35.4 Å². The van der Waals surface area contributed by atoms with Crippen LogP contribution in [0.3, 0.4) is 0 Å². The number of carboxylic acid groups (broad SMARTS) is 1. The molecule has 0 aromatic heterocycles. The number of carboxylic acids is 1. The molecule has 3 rings (SSSR count). The van der Waals surface area contributed by atoms with Crippen LogP contribution in [-0.2, 0) is 15.6 Å². The first kappa shape index (κ1) is 10.5. The molecule has 1 fully saturated rings. The van der Waals surface area contributed by atoms with Crippen molar-refractivity contribution in [2.75, 3.05) is 5.75 Å². The molecule has 3 atom stereocenters. The van der Waals surface area contributed by atoms with E-state index < -0.39 is 28.2 Å². The second-order valence-corrected chi connectivity index (χ2v) is 5.59. The van der Waals surface area contributed by atoms with E-state index in [0.29, 0.717) is 11.1 Å². The van der Waals surface area contributed by atoms with Crippen molar-refractivity contribution >= 4 is 22.7 Å². The monoisotopic (exact) mass is 251 g/mol. The van der Waals surface area contributed by atoms with Gasteiger partial charge in [0, 0.05) is 11.1 Å². The Balaban J connectivity index is 2.15. The molecule has 0 spiro atoms. The van der Waals surface area contributed by atoms with Crippen LogP contribution in [0.4, 0.5) is 0 Å². The van der Waals surface area contributed by atoms with Gasteiger partial charge in [0.1, 0.15) is 11.4 Å². The lowest BCUT2D eigenvalue weighted by Crippen LogP contribution is -2.39. The highest BCUT2D eigenvalue weighted by Gasteiger charge is 2.52. The van der Waals surface area contributed by atoms with Crippen molar-refractivity contribution in [3.8, 4) is 0 Å². The van der Waals surface area contributed by atoms with Gasteiger partial charge >= 0.3 is 5.97 Å². The number of rotatable bonds is 1. The molecule has 5 nitrogen and oxygen atoms in total. The van der Waals surface area contributed by atoms with Crippen LogP contribution < -0.4 is 0 Å². The summed E-state index contributed by atoms with van der Waals surface area (Å²) >= 11 is 0. The van der Waals surface area contributed by atoms with E-state index in [4.69, 9.17) is 5.11 Å². The van der Waals surface area contributed by atoms with E-state index in [-0.39, 0.29) is 11.7 Å². The van der Waals surface area contributed by atoms with Crippen LogP contribution >= 0.6 is 0 Å². The summed E-state index contributed by atoms with van der Waals surface area (Å²) in [4.78, 5) is 24.4. The molecule has 0 saturated carbocycles. The van der Waals surface area contributed by atoms with Crippen LogP contribution in [0.15, 0.2) is 24.3 Å². The molecule has 2 aliphatic heterocycles. The van der Waals surface area contributed by atoms with Crippen LogP contribution in [0.1, 0.15) is 21.3 Å². The van der Waals surface area contributed by atoms with Crippen molar-refractivity contribution in [3.63, 3.8) is 0 Å². The first-order valence-corrected chi connectivity index (χ1v) is 6.51. The van der Waals surface area contributed by atoms with Crippen LogP contribution in [0.25, 0.3) is 0 Å². The molecule has 0 radical (unpaired) electrons. The Bertz CT molecular complexity index is 556. The standard InChI is InChI=1S/C11H9NO4S/c13-9-6-3-1-2-4-7(6)10-12(9)8(11(14)15)5-17(10)16/h1-4,8,10H,5H2,(H,14,15)/t8-,10-,17+/m1/s1. The third-order valence-corrected chi connectivity index (χ3v) is 4.76.